The molecule has 0 bridgehead atoms. The molecule has 0 aromatic rings. The average Bonchev–Trinajstić information content (AvgIpc) is 1.87. The Balaban J connectivity index is 0. The summed E-state index contributed by atoms with van der Waals surface area (Å²) in [5, 5.41) is 20.0. The van der Waals surface area contributed by atoms with Gasteiger partial charge in [-0.3, -0.25) is 0 Å². The van der Waals surface area contributed by atoms with E-state index in [-0.39, 0.29) is 31.6 Å². The van der Waals surface area contributed by atoms with Gasteiger partial charge >= 0.3 is 0 Å². The smallest absolute Gasteiger partial charge is 0.228 e. The van der Waals surface area contributed by atoms with Crippen molar-refractivity contribution in [2.75, 3.05) is 13.2 Å². The number of guanidine groups is 1. The lowest BCUT2D eigenvalue weighted by Crippen LogP contribution is -2.24. The van der Waals surface area contributed by atoms with Crippen molar-refractivity contribution < 1.29 is 15.1 Å². The molecule has 0 radical (unpaired) electrons. The van der Waals surface area contributed by atoms with Gasteiger partial charge in [-0.2, -0.15) is 0 Å². The van der Waals surface area contributed by atoms with Crippen LogP contribution in [0.3, 0.4) is 0 Å². The third kappa shape index (κ3) is 9.28. The number of oxime groups is 1. The summed E-state index contributed by atoms with van der Waals surface area (Å²) in [6.45, 7) is -0.492. The highest BCUT2D eigenvalue weighted by Crippen LogP contribution is 1.82. The van der Waals surface area contributed by atoms with Crippen LogP contribution in [0.5, 0.6) is 0 Å². The Morgan fingerprint density at radius 3 is 2.45 bits per heavy atom. The molecular weight excluding hydrogens is 174 g/mol. The van der Waals surface area contributed by atoms with Crippen LogP contribution in [0, 0.1) is 0 Å². The van der Waals surface area contributed by atoms with Crippen molar-refractivity contribution in [1.29, 1.82) is 0 Å². The standard InChI is InChI=1S/C4H11N3O3.ClH/c5-4(6)7-10-2-3(9)1-8;/h3,8-9H,1-2H2,(H4,5,6,7);1H. The molecule has 0 fully saturated rings. The molecule has 0 aliphatic rings. The number of rotatable bonds is 4. The van der Waals surface area contributed by atoms with Crippen molar-refractivity contribution in [3.05, 3.63) is 0 Å². The van der Waals surface area contributed by atoms with Gasteiger partial charge in [0.2, 0.25) is 5.96 Å². The van der Waals surface area contributed by atoms with Crippen LogP contribution in [0.2, 0.25) is 0 Å². The van der Waals surface area contributed by atoms with Gasteiger partial charge in [-0.1, -0.05) is 0 Å². The monoisotopic (exact) mass is 185 g/mol. The van der Waals surface area contributed by atoms with Crippen molar-refractivity contribution in [2.45, 2.75) is 6.10 Å². The Morgan fingerprint density at radius 1 is 1.55 bits per heavy atom. The Morgan fingerprint density at radius 2 is 2.09 bits per heavy atom. The molecule has 0 aromatic carbocycles. The minimum atomic E-state index is -0.942. The first-order valence-electron chi connectivity index (χ1n) is 2.66. The third-order valence-corrected chi connectivity index (χ3v) is 0.648. The molecule has 6 nitrogen and oxygen atoms in total. The van der Waals surface area contributed by atoms with Crippen molar-refractivity contribution in [3.63, 3.8) is 0 Å². The van der Waals surface area contributed by atoms with E-state index in [9.17, 15) is 0 Å². The van der Waals surface area contributed by atoms with Gasteiger partial charge < -0.3 is 26.5 Å². The fraction of sp³-hybridized carbons (Fsp3) is 0.750. The van der Waals surface area contributed by atoms with Gasteiger partial charge in [-0.05, 0) is 5.16 Å². The van der Waals surface area contributed by atoms with Crippen LogP contribution in [0.4, 0.5) is 0 Å². The van der Waals surface area contributed by atoms with E-state index < -0.39 is 6.10 Å². The Kier molecular flexibility index (Phi) is 8.67. The first-order valence-corrected chi connectivity index (χ1v) is 2.66. The lowest BCUT2D eigenvalue weighted by molar-refractivity contribution is 0.00810. The van der Waals surface area contributed by atoms with Crippen molar-refractivity contribution >= 4 is 18.4 Å². The molecule has 0 rings (SSSR count). The van der Waals surface area contributed by atoms with Crippen LogP contribution in [-0.2, 0) is 4.84 Å². The molecule has 1 unspecified atom stereocenters. The number of nitrogens with zero attached hydrogens (tertiary/aromatic N) is 1. The van der Waals surface area contributed by atoms with Crippen LogP contribution in [-0.4, -0.2) is 35.5 Å². The summed E-state index contributed by atoms with van der Waals surface area (Å²) >= 11 is 0. The second-order valence-electron chi connectivity index (χ2n) is 1.65. The Bertz CT molecular complexity index is 117. The van der Waals surface area contributed by atoms with Crippen molar-refractivity contribution in [2.24, 2.45) is 16.6 Å². The molecule has 11 heavy (non-hydrogen) atoms. The van der Waals surface area contributed by atoms with Gasteiger partial charge in [0.05, 0.1) is 6.61 Å². The van der Waals surface area contributed by atoms with E-state index >= 15 is 0 Å². The molecule has 6 N–H and O–H groups in total. The Labute approximate surface area is 70.2 Å². The number of hydrogen-bond acceptors (Lipinski definition) is 4. The quantitative estimate of drug-likeness (QED) is 0.229. The summed E-state index contributed by atoms with van der Waals surface area (Å²) in [5.74, 6) is -0.217. The maximum atomic E-state index is 8.64. The first-order chi connectivity index (χ1) is 4.66. The zero-order valence-corrected chi connectivity index (χ0v) is 6.62. The number of aliphatic hydroxyl groups is 2. The van der Waals surface area contributed by atoms with Crippen LogP contribution in [0.25, 0.3) is 0 Å². The van der Waals surface area contributed by atoms with E-state index in [1.54, 1.807) is 0 Å². The average molecular weight is 186 g/mol. The predicted octanol–water partition coefficient (Wildman–Crippen LogP) is -2.03. The highest BCUT2D eigenvalue weighted by Gasteiger charge is 2.00. The van der Waals surface area contributed by atoms with E-state index in [2.05, 4.69) is 9.99 Å². The van der Waals surface area contributed by atoms with E-state index in [0.29, 0.717) is 0 Å². The molecule has 0 aliphatic heterocycles. The normalized spacial score (nSPS) is 11.1. The van der Waals surface area contributed by atoms with E-state index in [0.717, 1.165) is 0 Å². The zero-order valence-electron chi connectivity index (χ0n) is 5.80. The number of hydrogen-bond donors (Lipinski definition) is 4. The number of aliphatic hydroxyl groups excluding tert-OH is 2. The highest BCUT2D eigenvalue weighted by atomic mass is 35.5. The van der Waals surface area contributed by atoms with Gasteiger partial charge in [0, 0.05) is 0 Å². The summed E-state index contributed by atoms with van der Waals surface area (Å²) in [4.78, 5) is 4.38. The fourth-order valence-corrected chi connectivity index (χ4v) is 0.251. The summed E-state index contributed by atoms with van der Waals surface area (Å²) in [7, 11) is 0. The van der Waals surface area contributed by atoms with Crippen LogP contribution in [0.1, 0.15) is 0 Å². The second kappa shape index (κ2) is 7.39. The van der Waals surface area contributed by atoms with Crippen LogP contribution < -0.4 is 11.5 Å². The lowest BCUT2D eigenvalue weighted by Gasteiger charge is -2.03. The van der Waals surface area contributed by atoms with Gasteiger partial charge in [0.15, 0.2) is 0 Å². The number of nitrogens with two attached hydrogens (primary N) is 2. The molecule has 0 saturated carbocycles. The van der Waals surface area contributed by atoms with Gasteiger partial charge in [-0.25, -0.2) is 0 Å². The first kappa shape index (κ1) is 12.9. The van der Waals surface area contributed by atoms with Gasteiger partial charge in [0.25, 0.3) is 0 Å². The SMILES string of the molecule is Cl.NC(N)=NOCC(O)CO. The number of halogens is 1. The molecular formula is C4H12ClN3O3. The molecule has 0 heterocycles. The molecule has 0 aromatic heterocycles. The summed E-state index contributed by atoms with van der Waals surface area (Å²) in [6, 6.07) is 0. The molecule has 0 saturated heterocycles. The maximum absolute atomic E-state index is 8.64. The van der Waals surface area contributed by atoms with E-state index in [4.69, 9.17) is 21.7 Å². The minimum absolute atomic E-state index is 0. The topological polar surface area (TPSA) is 114 Å². The molecule has 0 amide bonds. The summed E-state index contributed by atoms with van der Waals surface area (Å²) in [6.07, 6.45) is -0.942. The van der Waals surface area contributed by atoms with E-state index in [1.807, 2.05) is 0 Å². The van der Waals surface area contributed by atoms with Crippen LogP contribution in [0.15, 0.2) is 5.16 Å². The predicted molar refractivity (Wildman–Crippen MR) is 42.1 cm³/mol. The molecule has 0 spiro atoms. The van der Waals surface area contributed by atoms with Crippen molar-refractivity contribution in [3.8, 4) is 0 Å². The molecule has 0 aliphatic carbocycles. The Hall–Kier alpha value is -0.720. The molecule has 1 atom stereocenters. The summed E-state index contributed by atoms with van der Waals surface area (Å²) < 4.78 is 0. The molecule has 7 heteroatoms. The van der Waals surface area contributed by atoms with Gasteiger partial charge in [0.1, 0.15) is 12.7 Å². The molecule has 68 valence electrons. The minimum Gasteiger partial charge on any atom is -0.394 e. The highest BCUT2D eigenvalue weighted by molar-refractivity contribution is 5.85. The maximum Gasteiger partial charge on any atom is 0.228 e. The zero-order chi connectivity index (χ0) is 7.98. The van der Waals surface area contributed by atoms with Crippen molar-refractivity contribution in [1.82, 2.24) is 0 Å². The second-order valence-corrected chi connectivity index (χ2v) is 1.65. The van der Waals surface area contributed by atoms with Crippen LogP contribution >= 0.6 is 12.4 Å². The largest absolute Gasteiger partial charge is 0.394 e. The lowest BCUT2D eigenvalue weighted by atomic mass is 10.4. The van der Waals surface area contributed by atoms with E-state index in [1.165, 1.54) is 0 Å². The fourth-order valence-electron chi connectivity index (χ4n) is 0.251. The third-order valence-electron chi connectivity index (χ3n) is 0.648. The van der Waals surface area contributed by atoms with Gasteiger partial charge in [-0.15, -0.1) is 12.4 Å². The summed E-state index contributed by atoms with van der Waals surface area (Å²) in [5.41, 5.74) is 9.76.